The van der Waals surface area contributed by atoms with Crippen LogP contribution in [0.1, 0.15) is 25.3 Å². The van der Waals surface area contributed by atoms with Gasteiger partial charge in [-0.3, -0.25) is 4.98 Å². The molecule has 1 nitrogen and oxygen atoms in total. The van der Waals surface area contributed by atoms with Crippen LogP contribution in [0.2, 0.25) is 0 Å². The van der Waals surface area contributed by atoms with E-state index in [2.05, 4.69) is 30.3 Å². The van der Waals surface area contributed by atoms with Crippen LogP contribution < -0.4 is 0 Å². The summed E-state index contributed by atoms with van der Waals surface area (Å²) in [5.41, 5.74) is 2.67. The van der Waals surface area contributed by atoms with Crippen LogP contribution in [-0.4, -0.2) is 4.98 Å². The molecule has 0 spiro atoms. The Labute approximate surface area is 76.4 Å². The van der Waals surface area contributed by atoms with E-state index in [0.717, 1.165) is 0 Å². The SMILES string of the molecule is CC(C)c1csc2cncc-2c1. The Bertz CT molecular complexity index is 351. The van der Waals surface area contributed by atoms with Crippen molar-refractivity contribution >= 4 is 11.3 Å². The molecule has 2 aliphatic rings. The Hall–Kier alpha value is -0.890. The van der Waals surface area contributed by atoms with Gasteiger partial charge in [-0.25, -0.2) is 0 Å². The summed E-state index contributed by atoms with van der Waals surface area (Å²) < 4.78 is 0. The minimum atomic E-state index is 0.612. The predicted octanol–water partition coefficient (Wildman–Crippen LogP) is 3.37. The number of rotatable bonds is 1. The minimum absolute atomic E-state index is 0.612. The molecule has 0 aromatic rings. The van der Waals surface area contributed by atoms with Crippen molar-refractivity contribution < 1.29 is 0 Å². The van der Waals surface area contributed by atoms with E-state index in [1.807, 2.05) is 12.4 Å². The second-order valence-electron chi connectivity index (χ2n) is 3.26. The van der Waals surface area contributed by atoms with Gasteiger partial charge in [0.25, 0.3) is 0 Å². The van der Waals surface area contributed by atoms with Crippen molar-refractivity contribution in [2.45, 2.75) is 19.8 Å². The maximum absolute atomic E-state index is 4.11. The molecule has 12 heavy (non-hydrogen) atoms. The summed E-state index contributed by atoms with van der Waals surface area (Å²) in [7, 11) is 0. The lowest BCUT2D eigenvalue weighted by molar-refractivity contribution is 0.871. The minimum Gasteiger partial charge on any atom is -0.263 e. The highest BCUT2D eigenvalue weighted by atomic mass is 32.1. The van der Waals surface area contributed by atoms with Crippen LogP contribution in [0, 0.1) is 0 Å². The lowest BCUT2D eigenvalue weighted by Gasteiger charge is -2.05. The van der Waals surface area contributed by atoms with E-state index in [9.17, 15) is 0 Å². The summed E-state index contributed by atoms with van der Waals surface area (Å²) in [6.07, 6.45) is 3.85. The average molecular weight is 177 g/mol. The standard InChI is InChI=1S/C10H11NS/c1-7(2)9-3-8-4-11-5-10(8)12-6-9/h3-7H,1-2H3. The van der Waals surface area contributed by atoms with Crippen molar-refractivity contribution in [3.63, 3.8) is 0 Å². The summed E-state index contributed by atoms with van der Waals surface area (Å²) in [4.78, 5) is 5.39. The first-order valence-corrected chi connectivity index (χ1v) is 4.97. The Morgan fingerprint density at radius 3 is 2.92 bits per heavy atom. The molecule has 2 heteroatoms. The van der Waals surface area contributed by atoms with E-state index < -0.39 is 0 Å². The normalized spacial score (nSPS) is 11.2. The quantitative estimate of drug-likeness (QED) is 0.650. The van der Waals surface area contributed by atoms with E-state index in [-0.39, 0.29) is 0 Å². The zero-order valence-electron chi connectivity index (χ0n) is 7.24. The Morgan fingerprint density at radius 2 is 2.17 bits per heavy atom. The fourth-order valence-corrected chi connectivity index (χ4v) is 2.15. The lowest BCUT2D eigenvalue weighted by atomic mass is 10.1. The van der Waals surface area contributed by atoms with Gasteiger partial charge < -0.3 is 0 Å². The average Bonchev–Trinajstić information content (AvgIpc) is 2.49. The third kappa shape index (κ3) is 1.23. The molecule has 0 aromatic heterocycles. The highest BCUT2D eigenvalue weighted by molar-refractivity contribution is 7.13. The summed E-state index contributed by atoms with van der Waals surface area (Å²) in [5.74, 6) is 0.612. The van der Waals surface area contributed by atoms with E-state index in [1.54, 1.807) is 11.3 Å². The first-order chi connectivity index (χ1) is 5.77. The van der Waals surface area contributed by atoms with Crippen LogP contribution >= 0.6 is 11.3 Å². The molecule has 0 saturated carbocycles. The van der Waals surface area contributed by atoms with E-state index >= 15 is 0 Å². The van der Waals surface area contributed by atoms with Gasteiger partial charge in [-0.05, 0) is 22.9 Å². The van der Waals surface area contributed by atoms with Gasteiger partial charge in [-0.2, -0.15) is 0 Å². The van der Waals surface area contributed by atoms with Crippen LogP contribution in [-0.2, 0) is 0 Å². The fraction of sp³-hybridized carbons (Fsp3) is 0.300. The van der Waals surface area contributed by atoms with E-state index in [4.69, 9.17) is 0 Å². The topological polar surface area (TPSA) is 12.9 Å². The number of nitrogens with zero attached hydrogens (tertiary/aromatic N) is 1. The molecule has 0 atom stereocenters. The first-order valence-electron chi connectivity index (χ1n) is 4.09. The molecular weight excluding hydrogens is 166 g/mol. The van der Waals surface area contributed by atoms with Gasteiger partial charge in [0.05, 0.1) is 4.88 Å². The summed E-state index contributed by atoms with van der Waals surface area (Å²) >= 11 is 1.78. The van der Waals surface area contributed by atoms with Crippen molar-refractivity contribution in [2.24, 2.45) is 0 Å². The molecule has 0 aromatic carbocycles. The van der Waals surface area contributed by atoms with Gasteiger partial charge in [0.1, 0.15) is 0 Å². The fourth-order valence-electron chi connectivity index (χ4n) is 1.18. The molecule has 2 rings (SSSR count). The third-order valence-corrected chi connectivity index (χ3v) is 2.99. The summed E-state index contributed by atoms with van der Waals surface area (Å²) in [5, 5.41) is 2.22. The number of hydrogen-bond acceptors (Lipinski definition) is 2. The number of aromatic nitrogens is 1. The number of hydrogen-bond donors (Lipinski definition) is 0. The summed E-state index contributed by atoms with van der Waals surface area (Å²) in [6.45, 7) is 4.43. The molecule has 2 heterocycles. The zero-order chi connectivity index (χ0) is 8.55. The second kappa shape index (κ2) is 2.87. The van der Waals surface area contributed by atoms with E-state index in [1.165, 1.54) is 16.0 Å². The zero-order valence-corrected chi connectivity index (χ0v) is 8.06. The monoisotopic (exact) mass is 177 g/mol. The van der Waals surface area contributed by atoms with Gasteiger partial charge in [0, 0.05) is 18.0 Å². The van der Waals surface area contributed by atoms with Crippen LogP contribution in [0.15, 0.2) is 23.8 Å². The molecule has 0 saturated heterocycles. The second-order valence-corrected chi connectivity index (χ2v) is 4.17. The number of fused-ring (bicyclic) bond motifs is 1. The molecule has 62 valence electrons. The molecule has 0 amide bonds. The third-order valence-electron chi connectivity index (χ3n) is 2.00. The van der Waals surface area contributed by atoms with Crippen LogP contribution in [0.5, 0.6) is 0 Å². The molecular formula is C10H11NS. The molecule has 0 unspecified atom stereocenters. The van der Waals surface area contributed by atoms with Crippen molar-refractivity contribution in [1.29, 1.82) is 0 Å². The predicted molar refractivity (Wildman–Crippen MR) is 52.8 cm³/mol. The highest BCUT2D eigenvalue weighted by Crippen LogP contribution is 2.29. The lowest BCUT2D eigenvalue weighted by Crippen LogP contribution is -1.85. The van der Waals surface area contributed by atoms with Crippen molar-refractivity contribution in [3.8, 4) is 10.4 Å². The van der Waals surface area contributed by atoms with Crippen LogP contribution in [0.3, 0.4) is 0 Å². The summed E-state index contributed by atoms with van der Waals surface area (Å²) in [6, 6.07) is 2.23. The van der Waals surface area contributed by atoms with Crippen molar-refractivity contribution in [2.75, 3.05) is 0 Å². The van der Waals surface area contributed by atoms with E-state index in [0.29, 0.717) is 5.92 Å². The molecule has 0 aliphatic carbocycles. The smallest absolute Gasteiger partial charge is 0.0540 e. The van der Waals surface area contributed by atoms with Crippen LogP contribution in [0.4, 0.5) is 0 Å². The molecule has 0 bridgehead atoms. The molecule has 2 aliphatic heterocycles. The van der Waals surface area contributed by atoms with Crippen molar-refractivity contribution in [3.05, 3.63) is 29.4 Å². The maximum Gasteiger partial charge on any atom is 0.0540 e. The maximum atomic E-state index is 4.11. The first kappa shape index (κ1) is 7.74. The van der Waals surface area contributed by atoms with Gasteiger partial charge in [-0.15, -0.1) is 11.3 Å². The molecule has 0 N–H and O–H groups in total. The Kier molecular flexibility index (Phi) is 1.85. The van der Waals surface area contributed by atoms with Gasteiger partial charge in [-0.1, -0.05) is 13.8 Å². The Morgan fingerprint density at radius 1 is 1.33 bits per heavy atom. The van der Waals surface area contributed by atoms with Gasteiger partial charge >= 0.3 is 0 Å². The van der Waals surface area contributed by atoms with Gasteiger partial charge in [0.2, 0.25) is 0 Å². The van der Waals surface area contributed by atoms with Gasteiger partial charge in [0.15, 0.2) is 0 Å². The molecule has 0 radical (unpaired) electrons. The Balaban J connectivity index is 2.54. The van der Waals surface area contributed by atoms with Crippen molar-refractivity contribution in [1.82, 2.24) is 4.98 Å². The highest BCUT2D eigenvalue weighted by Gasteiger charge is 2.06. The molecule has 0 fully saturated rings. The largest absolute Gasteiger partial charge is 0.263 e. The van der Waals surface area contributed by atoms with Crippen LogP contribution in [0.25, 0.3) is 10.4 Å².